The highest BCUT2D eigenvalue weighted by Crippen LogP contribution is 2.32. The third kappa shape index (κ3) is 6.37. The zero-order valence-electron chi connectivity index (χ0n) is 23.1. The van der Waals surface area contributed by atoms with Gasteiger partial charge in [-0.1, -0.05) is 53.3 Å². The maximum absolute atomic E-state index is 12.8. The predicted molar refractivity (Wildman–Crippen MR) is 149 cm³/mol. The van der Waals surface area contributed by atoms with E-state index in [0.29, 0.717) is 49.4 Å². The van der Waals surface area contributed by atoms with Crippen molar-refractivity contribution in [3.05, 3.63) is 81.3 Å². The summed E-state index contributed by atoms with van der Waals surface area (Å²) in [4.78, 5) is 51.1. The number of aryl methyl sites for hydroxylation is 2. The van der Waals surface area contributed by atoms with Crippen LogP contribution >= 0.6 is 0 Å². The Morgan fingerprint density at radius 3 is 2.50 bits per heavy atom. The lowest BCUT2D eigenvalue weighted by molar-refractivity contribution is -0.757. The zero-order valence-corrected chi connectivity index (χ0v) is 23.1. The molecule has 4 aromatic rings. The van der Waals surface area contributed by atoms with Crippen molar-refractivity contribution in [3.63, 3.8) is 0 Å². The minimum atomic E-state index is -0.868. The number of tetrazole rings is 1. The molecule has 0 spiro atoms. The maximum Gasteiger partial charge on any atom is 0.453 e. The van der Waals surface area contributed by atoms with Gasteiger partial charge in [0.05, 0.1) is 19.8 Å². The van der Waals surface area contributed by atoms with E-state index in [0.717, 1.165) is 32.7 Å². The summed E-state index contributed by atoms with van der Waals surface area (Å²) in [6, 6.07) is 15.3. The van der Waals surface area contributed by atoms with E-state index < -0.39 is 11.2 Å². The lowest BCUT2D eigenvalue weighted by atomic mass is 9.98. The van der Waals surface area contributed by atoms with Crippen molar-refractivity contribution in [2.75, 3.05) is 18.1 Å². The molecule has 0 fully saturated rings. The van der Waals surface area contributed by atoms with Crippen molar-refractivity contribution in [1.82, 2.24) is 30.2 Å². The summed E-state index contributed by atoms with van der Waals surface area (Å²) >= 11 is 0. The van der Waals surface area contributed by atoms with Crippen LogP contribution in [0.2, 0.25) is 0 Å². The van der Waals surface area contributed by atoms with Crippen LogP contribution in [0.4, 0.5) is 10.6 Å². The van der Waals surface area contributed by atoms with E-state index in [1.807, 2.05) is 62.4 Å². The average molecular weight is 573 g/mol. The molecular weight excluding hydrogens is 544 g/mol. The minimum absolute atomic E-state index is 0.0283. The minimum Gasteiger partial charge on any atom is -0.447 e. The molecule has 1 aliphatic rings. The third-order valence-electron chi connectivity index (χ3n) is 6.76. The van der Waals surface area contributed by atoms with E-state index in [-0.39, 0.29) is 24.9 Å². The van der Waals surface area contributed by atoms with Crippen molar-refractivity contribution in [2.24, 2.45) is 0 Å². The number of carbonyl (C=O) groups is 2. The number of fused-ring (bicyclic) bond motifs is 1. The molecule has 14 nitrogen and oxygen atoms in total. The summed E-state index contributed by atoms with van der Waals surface area (Å²) in [7, 11) is 0. The van der Waals surface area contributed by atoms with Gasteiger partial charge in [0.1, 0.15) is 11.6 Å². The number of unbranched alkanes of at least 4 members (excludes halogenated alkanes) is 1. The second-order valence-corrected chi connectivity index (χ2v) is 9.66. The molecule has 0 N–H and O–H groups in total. The molecule has 1 aliphatic heterocycles. The third-order valence-corrected chi connectivity index (χ3v) is 6.76. The first-order valence-corrected chi connectivity index (χ1v) is 13.4. The number of rotatable bonds is 10. The molecule has 5 rings (SSSR count). The van der Waals surface area contributed by atoms with Crippen molar-refractivity contribution < 1.29 is 24.3 Å². The number of hydrogen-bond acceptors (Lipinski definition) is 11. The Labute approximate surface area is 240 Å². The van der Waals surface area contributed by atoms with Crippen LogP contribution in [0.5, 0.6) is 0 Å². The van der Waals surface area contributed by atoms with Gasteiger partial charge in [0.15, 0.2) is 0 Å². The van der Waals surface area contributed by atoms with E-state index in [9.17, 15) is 19.7 Å². The number of ether oxygens (including phenoxy) is 1. The standard InChI is InChI=1S/C28H28N8O6/c1-18-22-13-14-25(37)34(27(22)30-19(2)29-18)17-20-9-11-21(12-10-20)23-7-3-4-8-24(23)26-31-33-35(32-26)28(38)41-15-5-6-16-42-36(39)40/h3-4,7-12H,5-6,13-17H2,1-2H3. The number of anilines is 1. The maximum atomic E-state index is 12.8. The normalized spacial score (nSPS) is 12.6. The van der Waals surface area contributed by atoms with Gasteiger partial charge in [-0.25, -0.2) is 14.8 Å². The lowest BCUT2D eigenvalue weighted by Crippen LogP contribution is -2.36. The van der Waals surface area contributed by atoms with Gasteiger partial charge in [0.2, 0.25) is 11.7 Å². The number of carbonyl (C=O) groups excluding carboxylic acids is 2. The van der Waals surface area contributed by atoms with E-state index in [4.69, 9.17) is 4.74 Å². The summed E-state index contributed by atoms with van der Waals surface area (Å²) in [6.45, 7) is 4.12. The zero-order chi connectivity index (χ0) is 29.6. The molecule has 0 saturated heterocycles. The van der Waals surface area contributed by atoms with Crippen LogP contribution < -0.4 is 4.90 Å². The highest BCUT2D eigenvalue weighted by molar-refractivity contribution is 5.95. The van der Waals surface area contributed by atoms with Gasteiger partial charge in [0.25, 0.3) is 5.09 Å². The van der Waals surface area contributed by atoms with Gasteiger partial charge in [-0.3, -0.25) is 9.69 Å². The van der Waals surface area contributed by atoms with Crippen LogP contribution in [0.3, 0.4) is 0 Å². The molecule has 0 radical (unpaired) electrons. The van der Waals surface area contributed by atoms with Crippen molar-refractivity contribution in [3.8, 4) is 22.5 Å². The topological polar surface area (TPSA) is 168 Å². The summed E-state index contributed by atoms with van der Waals surface area (Å²) in [5.41, 5.74) is 5.26. The molecule has 14 heteroatoms. The van der Waals surface area contributed by atoms with Crippen molar-refractivity contribution in [2.45, 2.75) is 46.1 Å². The van der Waals surface area contributed by atoms with Crippen molar-refractivity contribution in [1.29, 1.82) is 0 Å². The molecule has 0 saturated carbocycles. The number of amides is 1. The summed E-state index contributed by atoms with van der Waals surface area (Å²) < 4.78 is 5.12. The van der Waals surface area contributed by atoms with Crippen LogP contribution in [0.1, 0.15) is 41.9 Å². The predicted octanol–water partition coefficient (Wildman–Crippen LogP) is 3.87. The fraction of sp³-hybridized carbons (Fsp3) is 0.321. The van der Waals surface area contributed by atoms with Crippen LogP contribution in [0.25, 0.3) is 22.5 Å². The number of aromatic nitrogens is 6. The SMILES string of the molecule is Cc1nc(C)c2c(n1)N(Cc1ccc(-c3ccccc3-c3nnn(C(=O)OCCCCO[N+](=O)[O-])n3)cc1)C(=O)CC2. The lowest BCUT2D eigenvalue weighted by Gasteiger charge is -2.29. The summed E-state index contributed by atoms with van der Waals surface area (Å²) in [5.74, 6) is 1.59. The second kappa shape index (κ2) is 12.5. The highest BCUT2D eigenvalue weighted by Gasteiger charge is 2.27. The molecule has 1 amide bonds. The van der Waals surface area contributed by atoms with E-state index in [1.165, 1.54) is 0 Å². The van der Waals surface area contributed by atoms with Crippen LogP contribution in [-0.2, 0) is 27.3 Å². The largest absolute Gasteiger partial charge is 0.453 e. The average Bonchev–Trinajstić information content (AvgIpc) is 3.47. The Hall–Kier alpha value is -5.27. The first-order chi connectivity index (χ1) is 20.3. The molecule has 216 valence electrons. The quantitative estimate of drug-likeness (QED) is 0.154. The van der Waals surface area contributed by atoms with Crippen molar-refractivity contribution >= 4 is 17.8 Å². The first kappa shape index (κ1) is 28.3. The Balaban J connectivity index is 1.28. The molecule has 0 atom stereocenters. The smallest absolute Gasteiger partial charge is 0.447 e. The monoisotopic (exact) mass is 572 g/mol. The molecule has 2 aromatic carbocycles. The fourth-order valence-corrected chi connectivity index (χ4v) is 4.74. The molecule has 3 heterocycles. The molecular formula is C28H28N8O6. The van der Waals surface area contributed by atoms with Crippen LogP contribution in [0, 0.1) is 24.0 Å². The van der Waals surface area contributed by atoms with Gasteiger partial charge in [-0.2, -0.15) is 0 Å². The summed E-state index contributed by atoms with van der Waals surface area (Å²) in [6.07, 6.45) is 0.989. The Morgan fingerprint density at radius 2 is 1.74 bits per heavy atom. The van der Waals surface area contributed by atoms with Gasteiger partial charge in [-0.05, 0) is 55.0 Å². The fourth-order valence-electron chi connectivity index (χ4n) is 4.74. The highest BCUT2D eigenvalue weighted by atomic mass is 16.9. The Kier molecular flexibility index (Phi) is 8.41. The Morgan fingerprint density at radius 1 is 1.00 bits per heavy atom. The Bertz CT molecular complexity index is 1620. The van der Waals surface area contributed by atoms with Crippen LogP contribution in [0.15, 0.2) is 48.5 Å². The molecule has 0 aliphatic carbocycles. The number of hydrogen-bond donors (Lipinski definition) is 0. The van der Waals surface area contributed by atoms with E-state index in [1.54, 1.807) is 4.90 Å². The first-order valence-electron chi connectivity index (χ1n) is 13.4. The van der Waals surface area contributed by atoms with E-state index in [2.05, 4.69) is 30.2 Å². The van der Waals surface area contributed by atoms with Gasteiger partial charge >= 0.3 is 6.09 Å². The molecule has 0 unspecified atom stereocenters. The second-order valence-electron chi connectivity index (χ2n) is 9.66. The van der Waals surface area contributed by atoms with E-state index >= 15 is 0 Å². The summed E-state index contributed by atoms with van der Waals surface area (Å²) in [5, 5.41) is 21.4. The number of benzene rings is 2. The van der Waals surface area contributed by atoms with Gasteiger partial charge in [-0.15, -0.1) is 20.3 Å². The van der Waals surface area contributed by atoms with Gasteiger partial charge < -0.3 is 9.57 Å². The molecule has 0 bridgehead atoms. The van der Waals surface area contributed by atoms with Crippen LogP contribution in [-0.4, -0.2) is 60.5 Å². The molecule has 2 aromatic heterocycles. The van der Waals surface area contributed by atoms with Gasteiger partial charge in [0, 0.05) is 23.2 Å². The molecule has 42 heavy (non-hydrogen) atoms. The number of nitrogens with zero attached hydrogens (tertiary/aromatic N) is 8.